The lowest BCUT2D eigenvalue weighted by molar-refractivity contribution is 0.414. The van der Waals surface area contributed by atoms with Crippen LogP contribution < -0.4 is 10.1 Å². The topological polar surface area (TPSA) is 41.5 Å². The first kappa shape index (κ1) is 14.0. The maximum atomic E-state index is 9.86. The molecule has 1 aliphatic carbocycles. The minimum Gasteiger partial charge on any atom is -0.508 e. The lowest BCUT2D eigenvalue weighted by atomic mass is 10.1. The first-order valence-electron chi connectivity index (χ1n) is 7.45. The summed E-state index contributed by atoms with van der Waals surface area (Å²) in [5.41, 5.74) is 3.67. The molecule has 110 valence electrons. The molecule has 0 spiro atoms. The number of ether oxygens (including phenoxy) is 1. The van der Waals surface area contributed by atoms with E-state index in [-0.39, 0.29) is 0 Å². The molecule has 3 rings (SSSR count). The van der Waals surface area contributed by atoms with Crippen LogP contribution in [0.25, 0.3) is 0 Å². The Morgan fingerprint density at radius 2 is 2.00 bits per heavy atom. The zero-order valence-corrected chi connectivity index (χ0v) is 12.3. The molecule has 0 fully saturated rings. The van der Waals surface area contributed by atoms with Crippen molar-refractivity contribution in [2.24, 2.45) is 0 Å². The van der Waals surface area contributed by atoms with Crippen molar-refractivity contribution in [3.8, 4) is 11.5 Å². The molecule has 21 heavy (non-hydrogen) atoms. The lowest BCUT2D eigenvalue weighted by Gasteiger charge is -2.14. The molecule has 1 atom stereocenters. The van der Waals surface area contributed by atoms with E-state index in [1.807, 2.05) is 18.2 Å². The fraction of sp³-hybridized carbons (Fsp3) is 0.333. The minimum atomic E-state index is 0.366. The molecule has 0 amide bonds. The molecule has 2 N–H and O–H groups in total. The predicted molar refractivity (Wildman–Crippen MR) is 83.9 cm³/mol. The summed E-state index contributed by atoms with van der Waals surface area (Å²) in [5.74, 6) is 1.33. The van der Waals surface area contributed by atoms with E-state index in [4.69, 9.17) is 4.74 Å². The van der Waals surface area contributed by atoms with Crippen LogP contribution >= 0.6 is 0 Å². The van der Waals surface area contributed by atoms with Crippen molar-refractivity contribution in [3.05, 3.63) is 59.2 Å². The minimum absolute atomic E-state index is 0.366. The number of nitrogens with one attached hydrogen (secondary N) is 1. The molecule has 2 aromatic rings. The van der Waals surface area contributed by atoms with Crippen LogP contribution in [-0.4, -0.2) is 18.8 Å². The standard InChI is InChI=1S/C18H21NO2/c1-21-14-7-5-13(6-8-14)11-12-19-17-10-9-16-15(17)3-2-4-18(16)20/h2-8,17,19-20H,9-12H2,1H3. The number of methoxy groups -OCH3 is 1. The van der Waals surface area contributed by atoms with Crippen molar-refractivity contribution in [3.63, 3.8) is 0 Å². The van der Waals surface area contributed by atoms with Crippen LogP contribution in [0.15, 0.2) is 42.5 Å². The molecule has 3 heteroatoms. The summed E-state index contributed by atoms with van der Waals surface area (Å²) in [4.78, 5) is 0. The quantitative estimate of drug-likeness (QED) is 0.885. The number of hydrogen-bond donors (Lipinski definition) is 2. The molecule has 0 heterocycles. The monoisotopic (exact) mass is 283 g/mol. The first-order chi connectivity index (χ1) is 10.3. The van der Waals surface area contributed by atoms with Gasteiger partial charge in [0.25, 0.3) is 0 Å². The number of aromatic hydroxyl groups is 1. The molecule has 0 saturated heterocycles. The summed E-state index contributed by atoms with van der Waals surface area (Å²) in [7, 11) is 1.68. The van der Waals surface area contributed by atoms with Gasteiger partial charge in [0.2, 0.25) is 0 Å². The Bertz CT molecular complexity index is 607. The number of rotatable bonds is 5. The van der Waals surface area contributed by atoms with Crippen molar-refractivity contribution >= 4 is 0 Å². The highest BCUT2D eigenvalue weighted by atomic mass is 16.5. The highest BCUT2D eigenvalue weighted by Gasteiger charge is 2.23. The molecule has 0 saturated carbocycles. The number of phenols is 1. The van der Waals surface area contributed by atoms with Gasteiger partial charge in [0.05, 0.1) is 7.11 Å². The largest absolute Gasteiger partial charge is 0.508 e. The second-order valence-electron chi connectivity index (χ2n) is 5.49. The van der Waals surface area contributed by atoms with E-state index in [9.17, 15) is 5.11 Å². The predicted octanol–water partition coefficient (Wildman–Crippen LogP) is 3.22. The van der Waals surface area contributed by atoms with Crippen molar-refractivity contribution in [1.82, 2.24) is 5.32 Å². The summed E-state index contributed by atoms with van der Waals surface area (Å²) >= 11 is 0. The van der Waals surface area contributed by atoms with Gasteiger partial charge in [-0.3, -0.25) is 0 Å². The van der Waals surface area contributed by atoms with Crippen molar-refractivity contribution in [2.75, 3.05) is 13.7 Å². The van der Waals surface area contributed by atoms with Gasteiger partial charge < -0.3 is 15.2 Å². The second-order valence-corrected chi connectivity index (χ2v) is 5.49. The number of benzene rings is 2. The average Bonchev–Trinajstić information content (AvgIpc) is 2.93. The van der Waals surface area contributed by atoms with E-state index >= 15 is 0 Å². The van der Waals surface area contributed by atoms with Gasteiger partial charge in [-0.15, -0.1) is 0 Å². The molecule has 1 unspecified atom stereocenters. The van der Waals surface area contributed by atoms with Crippen LogP contribution in [0, 0.1) is 0 Å². The normalized spacial score (nSPS) is 16.7. The molecular weight excluding hydrogens is 262 g/mol. The van der Waals surface area contributed by atoms with Crippen molar-refractivity contribution in [1.29, 1.82) is 0 Å². The molecule has 0 aromatic heterocycles. The Balaban J connectivity index is 1.56. The molecule has 0 bridgehead atoms. The van der Waals surface area contributed by atoms with Gasteiger partial charge in [0, 0.05) is 6.04 Å². The molecule has 0 aliphatic heterocycles. The maximum absolute atomic E-state index is 9.86. The summed E-state index contributed by atoms with van der Waals surface area (Å²) in [6.07, 6.45) is 3.02. The highest BCUT2D eigenvalue weighted by molar-refractivity contribution is 5.44. The zero-order chi connectivity index (χ0) is 14.7. The summed E-state index contributed by atoms with van der Waals surface area (Å²) < 4.78 is 5.17. The van der Waals surface area contributed by atoms with Crippen molar-refractivity contribution < 1.29 is 9.84 Å². The fourth-order valence-corrected chi connectivity index (χ4v) is 3.03. The van der Waals surface area contributed by atoms with Crippen molar-refractivity contribution in [2.45, 2.75) is 25.3 Å². The molecule has 2 aromatic carbocycles. The number of hydrogen-bond acceptors (Lipinski definition) is 3. The molecule has 1 aliphatic rings. The third kappa shape index (κ3) is 3.03. The summed E-state index contributed by atoms with van der Waals surface area (Å²) in [6, 6.07) is 14.4. The van der Waals surface area contributed by atoms with E-state index in [1.54, 1.807) is 13.2 Å². The van der Waals surface area contributed by atoms with E-state index in [1.165, 1.54) is 11.1 Å². The fourth-order valence-electron chi connectivity index (χ4n) is 3.03. The third-order valence-electron chi connectivity index (χ3n) is 4.21. The lowest BCUT2D eigenvalue weighted by Crippen LogP contribution is -2.21. The van der Waals surface area contributed by atoms with Gasteiger partial charge >= 0.3 is 0 Å². The first-order valence-corrected chi connectivity index (χ1v) is 7.45. The summed E-state index contributed by atoms with van der Waals surface area (Å²) in [6.45, 7) is 0.937. The van der Waals surface area contributed by atoms with Crippen LogP contribution in [0.4, 0.5) is 0 Å². The van der Waals surface area contributed by atoms with Gasteiger partial charge in [-0.25, -0.2) is 0 Å². The van der Waals surface area contributed by atoms with Crippen LogP contribution in [0.1, 0.15) is 29.2 Å². The maximum Gasteiger partial charge on any atom is 0.119 e. The number of fused-ring (bicyclic) bond motifs is 1. The van der Waals surface area contributed by atoms with Gasteiger partial charge in [0.15, 0.2) is 0 Å². The van der Waals surface area contributed by atoms with Gasteiger partial charge in [-0.2, -0.15) is 0 Å². The van der Waals surface area contributed by atoms with Crippen LogP contribution in [0.3, 0.4) is 0 Å². The zero-order valence-electron chi connectivity index (χ0n) is 12.3. The Kier molecular flexibility index (Phi) is 4.11. The van der Waals surface area contributed by atoms with E-state index in [0.29, 0.717) is 11.8 Å². The Labute approximate surface area is 125 Å². The molecular formula is C18H21NO2. The van der Waals surface area contributed by atoms with Gasteiger partial charge in [-0.1, -0.05) is 24.3 Å². The van der Waals surface area contributed by atoms with Gasteiger partial charge in [-0.05, 0) is 60.7 Å². The van der Waals surface area contributed by atoms with Crippen LogP contribution in [0.2, 0.25) is 0 Å². The Morgan fingerprint density at radius 3 is 2.76 bits per heavy atom. The summed E-state index contributed by atoms with van der Waals surface area (Å²) in [5, 5.41) is 13.5. The second kappa shape index (κ2) is 6.19. The van der Waals surface area contributed by atoms with Crippen LogP contribution in [0.5, 0.6) is 11.5 Å². The average molecular weight is 283 g/mol. The van der Waals surface area contributed by atoms with E-state index in [2.05, 4.69) is 23.5 Å². The molecule has 3 nitrogen and oxygen atoms in total. The Morgan fingerprint density at radius 1 is 1.19 bits per heavy atom. The molecule has 0 radical (unpaired) electrons. The highest BCUT2D eigenvalue weighted by Crippen LogP contribution is 2.36. The Hall–Kier alpha value is -2.00. The van der Waals surface area contributed by atoms with Gasteiger partial charge in [0.1, 0.15) is 11.5 Å². The number of phenolic OH excluding ortho intramolecular Hbond substituents is 1. The van der Waals surface area contributed by atoms with E-state index < -0.39 is 0 Å². The smallest absolute Gasteiger partial charge is 0.119 e. The third-order valence-corrected chi connectivity index (χ3v) is 4.21. The SMILES string of the molecule is COc1ccc(CCNC2CCc3c(O)cccc32)cc1. The van der Waals surface area contributed by atoms with E-state index in [0.717, 1.165) is 37.1 Å². The van der Waals surface area contributed by atoms with Crippen LogP contribution in [-0.2, 0) is 12.8 Å².